The monoisotopic (exact) mass is 230 g/mol. The zero-order valence-electron chi connectivity index (χ0n) is 9.88. The van der Waals surface area contributed by atoms with Crippen molar-refractivity contribution in [2.45, 2.75) is 13.5 Å². The van der Waals surface area contributed by atoms with Gasteiger partial charge in [0, 0.05) is 12.3 Å². The molecule has 0 saturated heterocycles. The van der Waals surface area contributed by atoms with E-state index in [1.807, 2.05) is 31.2 Å². The van der Waals surface area contributed by atoms with Crippen molar-refractivity contribution in [1.29, 1.82) is 0 Å². The van der Waals surface area contributed by atoms with Crippen LogP contribution in [0.25, 0.3) is 0 Å². The molecule has 1 heterocycles. The maximum Gasteiger partial charge on any atom is 0.253 e. The van der Waals surface area contributed by atoms with Crippen LogP contribution in [-0.2, 0) is 6.54 Å². The summed E-state index contributed by atoms with van der Waals surface area (Å²) in [5, 5.41) is 0. The lowest BCUT2D eigenvalue weighted by Gasteiger charge is -2.08. The summed E-state index contributed by atoms with van der Waals surface area (Å²) in [5.74, 6) is 1.53. The number of aryl methyl sites for hydroxylation is 1. The molecule has 2 rings (SSSR count). The van der Waals surface area contributed by atoms with Crippen LogP contribution < -0.4 is 10.3 Å². The SMILES string of the molecule is COc1ccc(Cn2c(C)nccc2=O)cc1. The van der Waals surface area contributed by atoms with E-state index in [2.05, 4.69) is 4.98 Å². The highest BCUT2D eigenvalue weighted by atomic mass is 16.5. The number of ether oxygens (including phenoxy) is 1. The van der Waals surface area contributed by atoms with E-state index in [9.17, 15) is 4.79 Å². The molecule has 0 N–H and O–H groups in total. The van der Waals surface area contributed by atoms with E-state index in [1.54, 1.807) is 11.7 Å². The minimum Gasteiger partial charge on any atom is -0.497 e. The van der Waals surface area contributed by atoms with Gasteiger partial charge in [-0.3, -0.25) is 9.36 Å². The second-order valence-electron chi connectivity index (χ2n) is 3.76. The minimum absolute atomic E-state index is 0.0340. The van der Waals surface area contributed by atoms with Crippen molar-refractivity contribution < 1.29 is 4.74 Å². The molecule has 17 heavy (non-hydrogen) atoms. The molecular weight excluding hydrogens is 216 g/mol. The number of benzene rings is 1. The standard InChI is InChI=1S/C13H14N2O2/c1-10-14-8-7-13(16)15(10)9-11-3-5-12(17-2)6-4-11/h3-8H,9H2,1-2H3. The molecule has 0 spiro atoms. The van der Waals surface area contributed by atoms with Gasteiger partial charge in [0.2, 0.25) is 0 Å². The highest BCUT2D eigenvalue weighted by Gasteiger charge is 2.01. The Bertz CT molecular complexity index is 558. The topological polar surface area (TPSA) is 44.1 Å². The van der Waals surface area contributed by atoms with Crippen LogP contribution in [0.3, 0.4) is 0 Å². The van der Waals surface area contributed by atoms with E-state index in [1.165, 1.54) is 12.3 Å². The summed E-state index contributed by atoms with van der Waals surface area (Å²) in [5.41, 5.74) is 1.01. The Morgan fingerprint density at radius 2 is 1.94 bits per heavy atom. The number of nitrogens with zero attached hydrogens (tertiary/aromatic N) is 2. The largest absolute Gasteiger partial charge is 0.497 e. The molecule has 88 valence electrons. The summed E-state index contributed by atoms with van der Waals surface area (Å²) >= 11 is 0. The predicted molar refractivity (Wildman–Crippen MR) is 65.3 cm³/mol. The third kappa shape index (κ3) is 2.53. The fourth-order valence-corrected chi connectivity index (χ4v) is 1.63. The van der Waals surface area contributed by atoms with E-state index >= 15 is 0 Å². The highest BCUT2D eigenvalue weighted by Crippen LogP contribution is 2.11. The first-order chi connectivity index (χ1) is 8.20. The van der Waals surface area contributed by atoms with Crippen LogP contribution in [0.2, 0.25) is 0 Å². The van der Waals surface area contributed by atoms with E-state index in [0.717, 1.165) is 11.3 Å². The van der Waals surface area contributed by atoms with Crippen molar-refractivity contribution in [3.05, 3.63) is 58.3 Å². The van der Waals surface area contributed by atoms with Gasteiger partial charge in [0.15, 0.2) is 0 Å². The molecule has 0 saturated carbocycles. The normalized spacial score (nSPS) is 10.2. The Morgan fingerprint density at radius 3 is 2.53 bits per heavy atom. The fraction of sp³-hybridized carbons (Fsp3) is 0.231. The first-order valence-electron chi connectivity index (χ1n) is 5.36. The van der Waals surface area contributed by atoms with E-state index in [4.69, 9.17) is 4.74 Å². The average molecular weight is 230 g/mol. The lowest BCUT2D eigenvalue weighted by molar-refractivity contribution is 0.414. The molecule has 1 aromatic heterocycles. The van der Waals surface area contributed by atoms with Crippen molar-refractivity contribution in [3.8, 4) is 5.75 Å². The van der Waals surface area contributed by atoms with Crippen molar-refractivity contribution in [1.82, 2.24) is 9.55 Å². The summed E-state index contributed by atoms with van der Waals surface area (Å²) in [6.45, 7) is 2.35. The van der Waals surface area contributed by atoms with Gasteiger partial charge in [0.1, 0.15) is 11.6 Å². The number of aromatic nitrogens is 2. The van der Waals surface area contributed by atoms with Gasteiger partial charge < -0.3 is 4.74 Å². The van der Waals surface area contributed by atoms with Gasteiger partial charge in [0.25, 0.3) is 5.56 Å². The predicted octanol–water partition coefficient (Wildman–Crippen LogP) is 1.61. The number of rotatable bonds is 3. The zero-order chi connectivity index (χ0) is 12.3. The van der Waals surface area contributed by atoms with E-state index in [-0.39, 0.29) is 5.56 Å². The third-order valence-corrected chi connectivity index (χ3v) is 2.63. The lowest BCUT2D eigenvalue weighted by atomic mass is 10.2. The van der Waals surface area contributed by atoms with E-state index < -0.39 is 0 Å². The van der Waals surface area contributed by atoms with Gasteiger partial charge in [-0.2, -0.15) is 0 Å². The first kappa shape index (κ1) is 11.4. The van der Waals surface area contributed by atoms with Crippen LogP contribution in [0.5, 0.6) is 5.75 Å². The van der Waals surface area contributed by atoms with Gasteiger partial charge in [-0.25, -0.2) is 4.98 Å². The molecule has 1 aromatic carbocycles. The average Bonchev–Trinajstić information content (AvgIpc) is 2.35. The molecule has 0 atom stereocenters. The number of hydrogen-bond acceptors (Lipinski definition) is 3. The number of hydrogen-bond donors (Lipinski definition) is 0. The molecule has 2 aromatic rings. The Morgan fingerprint density at radius 1 is 1.24 bits per heavy atom. The fourth-order valence-electron chi connectivity index (χ4n) is 1.63. The molecule has 0 aliphatic carbocycles. The molecule has 4 heteroatoms. The van der Waals surface area contributed by atoms with Crippen LogP contribution in [-0.4, -0.2) is 16.7 Å². The first-order valence-corrected chi connectivity index (χ1v) is 5.36. The van der Waals surface area contributed by atoms with Gasteiger partial charge in [-0.15, -0.1) is 0 Å². The van der Waals surface area contributed by atoms with E-state index in [0.29, 0.717) is 12.4 Å². The van der Waals surface area contributed by atoms with Crippen LogP contribution in [0.15, 0.2) is 41.3 Å². The summed E-state index contributed by atoms with van der Waals surface area (Å²) in [4.78, 5) is 15.8. The maximum absolute atomic E-state index is 11.7. The number of methoxy groups -OCH3 is 1. The molecule has 0 fully saturated rings. The maximum atomic E-state index is 11.7. The smallest absolute Gasteiger partial charge is 0.253 e. The molecule has 0 aliphatic rings. The molecule has 0 unspecified atom stereocenters. The molecule has 0 bridgehead atoms. The Balaban J connectivity index is 2.28. The van der Waals surface area contributed by atoms with Gasteiger partial charge in [0.05, 0.1) is 13.7 Å². The summed E-state index contributed by atoms with van der Waals surface area (Å²) in [6, 6.07) is 9.12. The quantitative estimate of drug-likeness (QED) is 0.804. The Labute approximate surface area is 99.5 Å². The van der Waals surface area contributed by atoms with Crippen LogP contribution in [0.1, 0.15) is 11.4 Å². The molecule has 0 amide bonds. The van der Waals surface area contributed by atoms with Crippen LogP contribution in [0.4, 0.5) is 0 Å². The Kier molecular flexibility index (Phi) is 3.23. The van der Waals surface area contributed by atoms with Gasteiger partial charge in [-0.1, -0.05) is 12.1 Å². The van der Waals surface area contributed by atoms with Crippen LogP contribution in [0, 0.1) is 6.92 Å². The van der Waals surface area contributed by atoms with Crippen molar-refractivity contribution >= 4 is 0 Å². The zero-order valence-corrected chi connectivity index (χ0v) is 9.88. The van der Waals surface area contributed by atoms with Crippen molar-refractivity contribution in [3.63, 3.8) is 0 Å². The third-order valence-electron chi connectivity index (χ3n) is 2.63. The summed E-state index contributed by atoms with van der Waals surface area (Å²) in [7, 11) is 1.63. The summed E-state index contributed by atoms with van der Waals surface area (Å²) < 4.78 is 6.73. The molecular formula is C13H14N2O2. The highest BCUT2D eigenvalue weighted by molar-refractivity contribution is 5.27. The summed E-state index contributed by atoms with van der Waals surface area (Å²) in [6.07, 6.45) is 1.53. The van der Waals surface area contributed by atoms with Gasteiger partial charge in [-0.05, 0) is 24.6 Å². The molecule has 4 nitrogen and oxygen atoms in total. The lowest BCUT2D eigenvalue weighted by Crippen LogP contribution is -2.22. The Hall–Kier alpha value is -2.10. The van der Waals surface area contributed by atoms with Crippen molar-refractivity contribution in [2.75, 3.05) is 7.11 Å². The second kappa shape index (κ2) is 4.82. The van der Waals surface area contributed by atoms with Gasteiger partial charge >= 0.3 is 0 Å². The second-order valence-corrected chi connectivity index (χ2v) is 3.76. The molecule has 0 radical (unpaired) electrons. The van der Waals surface area contributed by atoms with Crippen LogP contribution >= 0.6 is 0 Å². The minimum atomic E-state index is -0.0340. The molecule has 0 aliphatic heterocycles. The van der Waals surface area contributed by atoms with Crippen molar-refractivity contribution in [2.24, 2.45) is 0 Å².